The number of aliphatic hydroxyl groups excluding tert-OH is 1. The maximum atomic E-state index is 12.9. The first-order valence-corrected chi connectivity index (χ1v) is 17.2. The Bertz CT molecular complexity index is 1910. The molecule has 9 nitrogen and oxygen atoms in total. The van der Waals surface area contributed by atoms with E-state index in [4.69, 9.17) is 0 Å². The summed E-state index contributed by atoms with van der Waals surface area (Å²) in [7, 11) is 2.15. The van der Waals surface area contributed by atoms with E-state index in [0.717, 1.165) is 66.8 Å². The molecule has 0 radical (unpaired) electrons. The van der Waals surface area contributed by atoms with Gasteiger partial charge in [0.1, 0.15) is 17.0 Å². The molecular formula is C38H42N4O5S. The van der Waals surface area contributed by atoms with Gasteiger partial charge in [0.25, 0.3) is 5.91 Å². The van der Waals surface area contributed by atoms with Gasteiger partial charge in [-0.1, -0.05) is 72.0 Å². The molecule has 6 N–H and O–H groups in total. The third-order valence-electron chi connectivity index (χ3n) is 9.50. The number of amides is 1. The Hall–Kier alpha value is -4.48. The molecule has 0 spiro atoms. The van der Waals surface area contributed by atoms with Crippen LogP contribution in [-0.4, -0.2) is 64.3 Å². The van der Waals surface area contributed by atoms with Crippen molar-refractivity contribution < 1.29 is 20.1 Å². The lowest BCUT2D eigenvalue weighted by molar-refractivity contribution is 0.0953. The maximum absolute atomic E-state index is 12.9. The lowest BCUT2D eigenvalue weighted by Gasteiger charge is -2.42. The van der Waals surface area contributed by atoms with Gasteiger partial charge in [0, 0.05) is 41.7 Å². The quantitative estimate of drug-likeness (QED) is 0.101. The van der Waals surface area contributed by atoms with Gasteiger partial charge in [-0.15, -0.1) is 0 Å². The molecule has 4 aromatic carbocycles. The SMILES string of the molecule is CN1CCC(c2ccccc2)(c2cc(CCCNC(=O)c3ccc(CNC[C@H](O)c4ccc(O)c5[nH]c(=O)sc45)cc3)ccc2O)CC1. The van der Waals surface area contributed by atoms with Gasteiger partial charge < -0.3 is 35.8 Å². The van der Waals surface area contributed by atoms with Crippen LogP contribution >= 0.6 is 11.3 Å². The van der Waals surface area contributed by atoms with Gasteiger partial charge in [0.15, 0.2) is 0 Å². The van der Waals surface area contributed by atoms with Crippen molar-refractivity contribution in [3.8, 4) is 11.5 Å². The molecule has 10 heteroatoms. The maximum Gasteiger partial charge on any atom is 0.305 e. The van der Waals surface area contributed by atoms with Gasteiger partial charge in [-0.3, -0.25) is 9.59 Å². The minimum Gasteiger partial charge on any atom is -0.508 e. The van der Waals surface area contributed by atoms with Crippen molar-refractivity contribution >= 4 is 27.5 Å². The van der Waals surface area contributed by atoms with E-state index in [-0.39, 0.29) is 28.5 Å². The lowest BCUT2D eigenvalue weighted by Crippen LogP contribution is -2.41. The fraction of sp³-hybridized carbons (Fsp3) is 0.316. The second kappa shape index (κ2) is 14.7. The van der Waals surface area contributed by atoms with Gasteiger partial charge in [-0.2, -0.15) is 0 Å². The number of carbonyl (C=O) groups is 1. The Labute approximate surface area is 283 Å². The van der Waals surface area contributed by atoms with E-state index in [0.29, 0.717) is 40.2 Å². The van der Waals surface area contributed by atoms with E-state index in [9.17, 15) is 24.9 Å². The molecule has 1 atom stereocenters. The summed E-state index contributed by atoms with van der Waals surface area (Å²) in [5.41, 5.74) is 5.60. The number of piperidine rings is 1. The van der Waals surface area contributed by atoms with Gasteiger partial charge in [0.05, 0.1) is 10.8 Å². The van der Waals surface area contributed by atoms with Crippen molar-refractivity contribution in [3.63, 3.8) is 0 Å². The van der Waals surface area contributed by atoms with Crippen LogP contribution in [0.4, 0.5) is 0 Å². The molecule has 1 aliphatic heterocycles. The average Bonchev–Trinajstić information content (AvgIpc) is 3.51. The Morgan fingerprint density at radius 3 is 2.42 bits per heavy atom. The lowest BCUT2D eigenvalue weighted by atomic mass is 9.67. The monoisotopic (exact) mass is 666 g/mol. The molecule has 1 fully saturated rings. The van der Waals surface area contributed by atoms with Crippen LogP contribution < -0.4 is 15.5 Å². The highest BCUT2D eigenvalue weighted by Gasteiger charge is 2.39. The number of aromatic hydroxyl groups is 2. The smallest absolute Gasteiger partial charge is 0.305 e. The first-order valence-electron chi connectivity index (χ1n) is 16.4. The number of hydrogen-bond donors (Lipinski definition) is 6. The number of phenolic OH excluding ortho intramolecular Hbond substituents is 2. The van der Waals surface area contributed by atoms with Gasteiger partial charge >= 0.3 is 4.87 Å². The highest BCUT2D eigenvalue weighted by atomic mass is 32.1. The van der Waals surface area contributed by atoms with Crippen LogP contribution in [0.25, 0.3) is 10.2 Å². The zero-order valence-corrected chi connectivity index (χ0v) is 27.9. The summed E-state index contributed by atoms with van der Waals surface area (Å²) < 4.78 is 0.543. The Morgan fingerprint density at radius 1 is 0.958 bits per heavy atom. The number of rotatable bonds is 12. The van der Waals surface area contributed by atoms with Crippen molar-refractivity contribution in [1.29, 1.82) is 0 Å². The minimum absolute atomic E-state index is 0.0253. The second-order valence-corrected chi connectivity index (χ2v) is 13.7. The number of aromatic amines is 1. The number of thiazole rings is 1. The van der Waals surface area contributed by atoms with E-state index in [1.54, 1.807) is 18.2 Å². The number of hydrogen-bond acceptors (Lipinski definition) is 8. The number of aromatic nitrogens is 1. The van der Waals surface area contributed by atoms with Crippen molar-refractivity contribution in [2.45, 2.75) is 43.7 Å². The van der Waals surface area contributed by atoms with Crippen molar-refractivity contribution in [3.05, 3.63) is 128 Å². The highest BCUT2D eigenvalue weighted by Crippen LogP contribution is 2.45. The number of phenols is 2. The number of likely N-dealkylation sites (tertiary alicyclic amines) is 1. The van der Waals surface area contributed by atoms with Crippen molar-refractivity contribution in [2.24, 2.45) is 0 Å². The fourth-order valence-corrected chi connectivity index (χ4v) is 7.65. The Kier molecular flexibility index (Phi) is 10.3. The number of benzene rings is 4. The Balaban J connectivity index is 0.993. The third-order valence-corrected chi connectivity index (χ3v) is 10.4. The van der Waals surface area contributed by atoms with Gasteiger partial charge in [-0.05, 0) is 86.8 Å². The average molecular weight is 667 g/mol. The number of nitrogens with zero attached hydrogens (tertiary/aromatic N) is 1. The molecule has 6 rings (SSSR count). The molecule has 1 saturated heterocycles. The van der Waals surface area contributed by atoms with Crippen LogP contribution in [0.3, 0.4) is 0 Å². The van der Waals surface area contributed by atoms with Gasteiger partial charge in [0.2, 0.25) is 0 Å². The summed E-state index contributed by atoms with van der Waals surface area (Å²) in [6.07, 6.45) is 2.58. The summed E-state index contributed by atoms with van der Waals surface area (Å²) in [6, 6.07) is 26.9. The molecule has 48 heavy (non-hydrogen) atoms. The van der Waals surface area contributed by atoms with Crippen LogP contribution in [0.15, 0.2) is 89.7 Å². The Morgan fingerprint density at radius 2 is 1.67 bits per heavy atom. The molecule has 1 aromatic heterocycles. The summed E-state index contributed by atoms with van der Waals surface area (Å²) in [5, 5.41) is 38.0. The largest absolute Gasteiger partial charge is 0.508 e. The van der Waals surface area contributed by atoms with Crippen LogP contribution in [0.1, 0.15) is 63.5 Å². The molecular weight excluding hydrogens is 625 g/mol. The zero-order valence-electron chi connectivity index (χ0n) is 27.0. The normalized spacial score (nSPS) is 15.4. The second-order valence-electron chi connectivity index (χ2n) is 12.7. The molecule has 0 unspecified atom stereocenters. The molecule has 0 aliphatic carbocycles. The van der Waals surface area contributed by atoms with Crippen molar-refractivity contribution in [1.82, 2.24) is 20.5 Å². The summed E-state index contributed by atoms with van der Waals surface area (Å²) in [5.74, 6) is 0.181. The topological polar surface area (TPSA) is 138 Å². The third kappa shape index (κ3) is 7.32. The number of nitrogens with one attached hydrogen (secondary N) is 3. The molecule has 2 heterocycles. The number of H-pyrrole nitrogens is 1. The minimum atomic E-state index is -0.864. The number of aliphatic hydroxyl groups is 1. The number of fused-ring (bicyclic) bond motifs is 1. The molecule has 250 valence electrons. The number of aryl methyl sites for hydroxylation is 1. The summed E-state index contributed by atoms with van der Waals surface area (Å²) in [6.45, 7) is 3.21. The van der Waals surface area contributed by atoms with E-state index in [2.05, 4.69) is 57.9 Å². The molecule has 0 saturated carbocycles. The van der Waals surface area contributed by atoms with Crippen LogP contribution in [0.2, 0.25) is 0 Å². The van der Waals surface area contributed by atoms with E-state index in [1.165, 1.54) is 11.6 Å². The van der Waals surface area contributed by atoms with Gasteiger partial charge in [-0.25, -0.2) is 0 Å². The predicted octanol–water partition coefficient (Wildman–Crippen LogP) is 5.20. The molecule has 1 amide bonds. The first-order chi connectivity index (χ1) is 23.2. The standard InChI is InChI=1S/C38H42N4O5S/c1-42-20-17-38(18-21-42,28-7-3-2-4-8-28)30-22-25(11-15-31(30)43)6-5-19-40-36(46)27-12-9-26(10-13-27)23-39-24-33(45)29-14-16-32(44)34-35(29)48-37(47)41-34/h2-4,7-16,22,33,39,43-45H,5-6,17-21,23-24H2,1H3,(H,40,46)(H,41,47)/t33-/m0/s1. The summed E-state index contributed by atoms with van der Waals surface area (Å²) in [4.78, 5) is 29.3. The highest BCUT2D eigenvalue weighted by molar-refractivity contribution is 7.16. The molecule has 5 aromatic rings. The van der Waals surface area contributed by atoms with E-state index >= 15 is 0 Å². The first kappa shape index (κ1) is 33.4. The molecule has 0 bridgehead atoms. The zero-order chi connectivity index (χ0) is 33.7. The van der Waals surface area contributed by atoms with E-state index < -0.39 is 6.10 Å². The van der Waals surface area contributed by atoms with E-state index in [1.807, 2.05) is 30.3 Å². The van der Waals surface area contributed by atoms with Crippen LogP contribution in [0, 0.1) is 0 Å². The number of carbonyl (C=O) groups excluding carboxylic acids is 1. The summed E-state index contributed by atoms with van der Waals surface area (Å²) >= 11 is 0.959. The van der Waals surface area contributed by atoms with Crippen molar-refractivity contribution in [2.75, 3.05) is 33.2 Å². The van der Waals surface area contributed by atoms with Crippen LogP contribution in [-0.2, 0) is 18.4 Å². The fourth-order valence-electron chi connectivity index (χ4n) is 6.73. The van der Waals surface area contributed by atoms with Crippen LogP contribution in [0.5, 0.6) is 11.5 Å². The predicted molar refractivity (Wildman–Crippen MR) is 190 cm³/mol. The molecule has 1 aliphatic rings.